The lowest BCUT2D eigenvalue weighted by molar-refractivity contribution is -0.0183. The number of halogens is 2. The fourth-order valence-electron chi connectivity index (χ4n) is 3.36. The van der Waals surface area contributed by atoms with Crippen molar-refractivity contribution >= 4 is 42.1 Å². The van der Waals surface area contributed by atoms with Crippen LogP contribution in [0.5, 0.6) is 0 Å². The van der Waals surface area contributed by atoms with Gasteiger partial charge in [-0.1, -0.05) is 0 Å². The van der Waals surface area contributed by atoms with E-state index in [1.54, 1.807) is 30.3 Å². The Hall–Kier alpha value is -0.370. The number of nitrogens with one attached hydrogen (secondary N) is 1. The first-order valence-corrected chi connectivity index (χ1v) is 8.77. The van der Waals surface area contributed by atoms with Crippen LogP contribution >= 0.6 is 36.2 Å². The molecule has 8 heteroatoms. The third kappa shape index (κ3) is 4.84. The number of rotatable bonds is 3. The molecule has 0 aliphatic carbocycles. The van der Waals surface area contributed by atoms with Gasteiger partial charge in [0.15, 0.2) is 0 Å². The van der Waals surface area contributed by atoms with Gasteiger partial charge >= 0.3 is 0 Å². The van der Waals surface area contributed by atoms with Crippen molar-refractivity contribution < 1.29 is 9.90 Å². The van der Waals surface area contributed by atoms with E-state index < -0.39 is 5.60 Å². The number of carbonyl (C=O) groups excluding carboxylic acids is 1. The molecule has 1 fully saturated rings. The number of nitrogens with zero attached hydrogens (tertiary/aromatic N) is 2. The lowest BCUT2D eigenvalue weighted by Gasteiger charge is -2.38. The van der Waals surface area contributed by atoms with Gasteiger partial charge in [-0.05, 0) is 37.4 Å². The van der Waals surface area contributed by atoms with Crippen LogP contribution in [0.1, 0.15) is 33.0 Å². The number of β-amino-alcohol motifs (C(OH)–C–C–N with tert-alkyl or cyclic N) is 1. The van der Waals surface area contributed by atoms with E-state index in [4.69, 9.17) is 0 Å². The van der Waals surface area contributed by atoms with Crippen molar-refractivity contribution in [3.63, 3.8) is 0 Å². The van der Waals surface area contributed by atoms with E-state index >= 15 is 0 Å². The Kier molecular flexibility index (Phi) is 7.97. The number of aliphatic hydroxyl groups is 1. The summed E-state index contributed by atoms with van der Waals surface area (Å²) >= 11 is 1.63. The molecule has 2 N–H and O–H groups in total. The van der Waals surface area contributed by atoms with Crippen LogP contribution in [0, 0.1) is 0 Å². The molecule has 1 unspecified atom stereocenters. The van der Waals surface area contributed by atoms with Crippen LogP contribution in [-0.4, -0.2) is 66.7 Å². The quantitative estimate of drug-likeness (QED) is 0.818. The molecule has 0 saturated carbocycles. The van der Waals surface area contributed by atoms with Crippen molar-refractivity contribution in [3.8, 4) is 0 Å². The van der Waals surface area contributed by atoms with Crippen LogP contribution in [-0.2, 0) is 13.0 Å². The van der Waals surface area contributed by atoms with Gasteiger partial charge in [0.25, 0.3) is 5.91 Å². The van der Waals surface area contributed by atoms with E-state index in [0.717, 1.165) is 43.8 Å². The molecular formula is C16H27Cl2N3O2S. The molecule has 1 aromatic rings. The van der Waals surface area contributed by atoms with E-state index in [2.05, 4.69) is 10.2 Å². The van der Waals surface area contributed by atoms with Crippen LogP contribution < -0.4 is 5.32 Å². The van der Waals surface area contributed by atoms with Crippen molar-refractivity contribution in [3.05, 3.63) is 21.4 Å². The van der Waals surface area contributed by atoms with Gasteiger partial charge in [-0.25, -0.2) is 0 Å². The highest BCUT2D eigenvalue weighted by Crippen LogP contribution is 2.30. The van der Waals surface area contributed by atoms with Crippen molar-refractivity contribution in [2.75, 3.05) is 40.3 Å². The first-order valence-electron chi connectivity index (χ1n) is 7.95. The Morgan fingerprint density at radius 1 is 1.46 bits per heavy atom. The number of thiophene rings is 1. The molecule has 0 aromatic carbocycles. The molecule has 24 heavy (non-hydrogen) atoms. The highest BCUT2D eigenvalue weighted by molar-refractivity contribution is 7.14. The topological polar surface area (TPSA) is 55.8 Å². The number of piperidine rings is 1. The fraction of sp³-hybridized carbons (Fsp3) is 0.688. The molecule has 2 aliphatic rings. The molecule has 3 heterocycles. The lowest BCUT2D eigenvalue weighted by Crippen LogP contribution is -2.53. The van der Waals surface area contributed by atoms with Crippen molar-refractivity contribution in [2.45, 2.75) is 31.4 Å². The minimum atomic E-state index is -0.603. The van der Waals surface area contributed by atoms with Gasteiger partial charge in [0, 0.05) is 45.2 Å². The third-order valence-corrected chi connectivity index (χ3v) is 5.76. The summed E-state index contributed by atoms with van der Waals surface area (Å²) in [6.07, 6.45) is 2.89. The summed E-state index contributed by atoms with van der Waals surface area (Å²) in [4.78, 5) is 18.2. The summed E-state index contributed by atoms with van der Waals surface area (Å²) in [6.45, 7) is 4.21. The summed E-state index contributed by atoms with van der Waals surface area (Å²) in [6, 6.07) is 2.04. The Morgan fingerprint density at radius 2 is 2.21 bits per heavy atom. The minimum absolute atomic E-state index is 0. The van der Waals surface area contributed by atoms with Gasteiger partial charge in [-0.15, -0.1) is 36.2 Å². The van der Waals surface area contributed by atoms with E-state index in [1.807, 2.05) is 6.07 Å². The maximum absolute atomic E-state index is 12.1. The van der Waals surface area contributed by atoms with E-state index in [-0.39, 0.29) is 30.7 Å². The SMILES string of the molecule is CN(C)C(=O)c1cc2c(s1)CCN(CC1(O)CCCNC1)C2.Cl.Cl. The third-order valence-electron chi connectivity index (χ3n) is 4.53. The molecule has 3 rings (SSSR count). The molecular weight excluding hydrogens is 369 g/mol. The molecule has 1 saturated heterocycles. The van der Waals surface area contributed by atoms with Crippen LogP contribution in [0.25, 0.3) is 0 Å². The first kappa shape index (κ1) is 21.7. The molecule has 1 aromatic heterocycles. The number of fused-ring (bicyclic) bond motifs is 1. The zero-order valence-corrected chi connectivity index (χ0v) is 16.7. The summed E-state index contributed by atoms with van der Waals surface area (Å²) in [7, 11) is 3.58. The molecule has 5 nitrogen and oxygen atoms in total. The standard InChI is InChI=1S/C16H25N3O2S.2ClH/c1-18(2)15(20)14-8-12-9-19(7-4-13(12)22-14)11-16(21)5-3-6-17-10-16;;/h8,17,21H,3-7,9-11H2,1-2H3;2*1H. The predicted molar refractivity (Wildman–Crippen MR) is 103 cm³/mol. The van der Waals surface area contributed by atoms with Crippen LogP contribution in [0.2, 0.25) is 0 Å². The Labute approximate surface area is 160 Å². The smallest absolute Gasteiger partial charge is 0.263 e. The molecule has 1 amide bonds. The minimum Gasteiger partial charge on any atom is -0.387 e. The van der Waals surface area contributed by atoms with Crippen LogP contribution in [0.3, 0.4) is 0 Å². The fourth-order valence-corrected chi connectivity index (χ4v) is 4.54. The molecule has 0 radical (unpaired) electrons. The molecule has 1 atom stereocenters. The van der Waals surface area contributed by atoms with Crippen molar-refractivity contribution in [1.29, 1.82) is 0 Å². The second-order valence-electron chi connectivity index (χ2n) is 6.72. The Bertz CT molecular complexity index is 560. The molecule has 138 valence electrons. The molecule has 0 bridgehead atoms. The predicted octanol–water partition coefficient (Wildman–Crippen LogP) is 1.77. The highest BCUT2D eigenvalue weighted by atomic mass is 35.5. The van der Waals surface area contributed by atoms with Crippen LogP contribution in [0.4, 0.5) is 0 Å². The average molecular weight is 396 g/mol. The summed E-state index contributed by atoms with van der Waals surface area (Å²) < 4.78 is 0. The van der Waals surface area contributed by atoms with E-state index in [1.165, 1.54) is 10.4 Å². The summed E-state index contributed by atoms with van der Waals surface area (Å²) in [5, 5.41) is 14.0. The summed E-state index contributed by atoms with van der Waals surface area (Å²) in [5.74, 6) is 0.0843. The van der Waals surface area contributed by atoms with Crippen LogP contribution in [0.15, 0.2) is 6.07 Å². The second-order valence-corrected chi connectivity index (χ2v) is 7.86. The maximum Gasteiger partial charge on any atom is 0.263 e. The zero-order chi connectivity index (χ0) is 15.7. The lowest BCUT2D eigenvalue weighted by atomic mass is 9.93. The Morgan fingerprint density at radius 3 is 2.83 bits per heavy atom. The van der Waals surface area contributed by atoms with E-state index in [0.29, 0.717) is 13.1 Å². The van der Waals surface area contributed by atoms with Gasteiger partial charge in [0.05, 0.1) is 10.5 Å². The number of amides is 1. The van der Waals surface area contributed by atoms with Gasteiger partial charge in [0.1, 0.15) is 0 Å². The first-order chi connectivity index (χ1) is 10.5. The largest absolute Gasteiger partial charge is 0.387 e. The van der Waals surface area contributed by atoms with Gasteiger partial charge in [-0.3, -0.25) is 9.69 Å². The number of hydrogen-bond donors (Lipinski definition) is 2. The Balaban J connectivity index is 0.00000144. The molecule has 0 spiro atoms. The van der Waals surface area contributed by atoms with Crippen molar-refractivity contribution in [1.82, 2.24) is 15.1 Å². The van der Waals surface area contributed by atoms with Crippen molar-refractivity contribution in [2.24, 2.45) is 0 Å². The van der Waals surface area contributed by atoms with Gasteiger partial charge < -0.3 is 15.3 Å². The van der Waals surface area contributed by atoms with Gasteiger partial charge in [0.2, 0.25) is 0 Å². The van der Waals surface area contributed by atoms with E-state index in [9.17, 15) is 9.90 Å². The molecule has 2 aliphatic heterocycles. The maximum atomic E-state index is 12.1. The summed E-state index contributed by atoms with van der Waals surface area (Å²) in [5.41, 5.74) is 0.655. The average Bonchev–Trinajstić information content (AvgIpc) is 2.89. The monoisotopic (exact) mass is 395 g/mol. The normalized spacial score (nSPS) is 23.6. The number of carbonyl (C=O) groups is 1. The zero-order valence-electron chi connectivity index (χ0n) is 14.2. The number of hydrogen-bond acceptors (Lipinski definition) is 5. The second kappa shape index (κ2) is 8.83. The highest BCUT2D eigenvalue weighted by Gasteiger charge is 2.33. The van der Waals surface area contributed by atoms with Gasteiger partial charge in [-0.2, -0.15) is 0 Å².